The number of hydrogen-bond donors (Lipinski definition) is 1. The molecular weight excluding hydrogens is 226 g/mol. The first-order valence-corrected chi connectivity index (χ1v) is 6.76. The normalized spacial score (nSPS) is 16.5. The number of amides is 1. The van der Waals surface area contributed by atoms with Gasteiger partial charge in [-0.15, -0.1) is 0 Å². The van der Waals surface area contributed by atoms with Crippen LogP contribution in [0.1, 0.15) is 38.2 Å². The Balaban J connectivity index is 2.02. The molecule has 1 N–H and O–H groups in total. The Morgan fingerprint density at radius 1 is 1.39 bits per heavy atom. The van der Waals surface area contributed by atoms with E-state index in [0.29, 0.717) is 13.0 Å². The van der Waals surface area contributed by atoms with Crippen molar-refractivity contribution >= 4 is 11.7 Å². The van der Waals surface area contributed by atoms with Crippen molar-refractivity contribution in [3.8, 4) is 0 Å². The van der Waals surface area contributed by atoms with Crippen LogP contribution in [0.4, 0.5) is 5.82 Å². The van der Waals surface area contributed by atoms with Gasteiger partial charge in [0.2, 0.25) is 5.91 Å². The van der Waals surface area contributed by atoms with Gasteiger partial charge >= 0.3 is 0 Å². The summed E-state index contributed by atoms with van der Waals surface area (Å²) in [7, 11) is 0. The Morgan fingerprint density at radius 3 is 3.11 bits per heavy atom. The molecule has 1 fully saturated rings. The van der Waals surface area contributed by atoms with Crippen LogP contribution in [0.3, 0.4) is 0 Å². The van der Waals surface area contributed by atoms with Crippen LogP contribution >= 0.6 is 0 Å². The number of pyridine rings is 1. The molecule has 4 nitrogen and oxygen atoms in total. The first-order chi connectivity index (χ1) is 8.79. The highest BCUT2D eigenvalue weighted by atomic mass is 16.2. The second-order valence-electron chi connectivity index (χ2n) is 4.71. The van der Waals surface area contributed by atoms with Crippen molar-refractivity contribution < 1.29 is 4.79 Å². The zero-order valence-corrected chi connectivity index (χ0v) is 11.0. The number of carbonyl (C=O) groups is 1. The van der Waals surface area contributed by atoms with E-state index in [1.54, 1.807) is 6.20 Å². The predicted octanol–water partition coefficient (Wildman–Crippen LogP) is 2.42. The Hall–Kier alpha value is -1.58. The van der Waals surface area contributed by atoms with Gasteiger partial charge in [-0.2, -0.15) is 0 Å². The van der Waals surface area contributed by atoms with Gasteiger partial charge in [0, 0.05) is 32.3 Å². The minimum Gasteiger partial charge on any atom is -0.370 e. The van der Waals surface area contributed by atoms with E-state index >= 15 is 0 Å². The zero-order chi connectivity index (χ0) is 12.8. The molecule has 2 rings (SSSR count). The third-order valence-electron chi connectivity index (χ3n) is 3.23. The van der Waals surface area contributed by atoms with Gasteiger partial charge in [-0.1, -0.05) is 6.42 Å². The maximum absolute atomic E-state index is 11.9. The monoisotopic (exact) mass is 247 g/mol. The fourth-order valence-electron chi connectivity index (χ4n) is 2.28. The highest BCUT2D eigenvalue weighted by Gasteiger charge is 2.16. The molecular formula is C14H21N3O. The van der Waals surface area contributed by atoms with Crippen molar-refractivity contribution in [1.29, 1.82) is 0 Å². The molecule has 0 aromatic carbocycles. The maximum Gasteiger partial charge on any atom is 0.222 e. The second-order valence-corrected chi connectivity index (χ2v) is 4.71. The van der Waals surface area contributed by atoms with Gasteiger partial charge in [0.05, 0.1) is 0 Å². The summed E-state index contributed by atoms with van der Waals surface area (Å²) < 4.78 is 0. The summed E-state index contributed by atoms with van der Waals surface area (Å²) in [5.41, 5.74) is 1.15. The second kappa shape index (κ2) is 6.38. The summed E-state index contributed by atoms with van der Waals surface area (Å²) in [5, 5.41) is 3.19. The van der Waals surface area contributed by atoms with Crippen molar-refractivity contribution in [2.45, 2.75) is 39.2 Å². The standard InChI is InChI=1S/C14H21N3O/c1-2-15-13-10-12(7-8-16-13)11-17-9-5-3-4-6-14(17)18/h7-8,10H,2-6,9,11H2,1H3,(H,15,16). The fourth-order valence-corrected chi connectivity index (χ4v) is 2.28. The Bertz CT molecular complexity index is 406. The van der Waals surface area contributed by atoms with Gasteiger partial charge < -0.3 is 10.2 Å². The molecule has 0 radical (unpaired) electrons. The molecule has 1 aliphatic heterocycles. The topological polar surface area (TPSA) is 45.2 Å². The average molecular weight is 247 g/mol. The summed E-state index contributed by atoms with van der Waals surface area (Å²) >= 11 is 0. The molecule has 0 spiro atoms. The van der Waals surface area contributed by atoms with Crippen LogP contribution in [0.5, 0.6) is 0 Å². The molecule has 1 saturated heterocycles. The van der Waals surface area contributed by atoms with E-state index in [9.17, 15) is 4.79 Å². The van der Waals surface area contributed by atoms with E-state index in [0.717, 1.165) is 37.3 Å². The SMILES string of the molecule is CCNc1cc(CN2CCCCCC2=O)ccn1. The molecule has 0 atom stereocenters. The molecule has 4 heteroatoms. The van der Waals surface area contributed by atoms with Crippen molar-refractivity contribution in [2.75, 3.05) is 18.4 Å². The van der Waals surface area contributed by atoms with Crippen LogP contribution in [0, 0.1) is 0 Å². The number of aromatic nitrogens is 1. The number of hydrogen-bond acceptors (Lipinski definition) is 3. The molecule has 0 bridgehead atoms. The number of anilines is 1. The van der Waals surface area contributed by atoms with E-state index in [-0.39, 0.29) is 5.91 Å². The van der Waals surface area contributed by atoms with Crippen LogP contribution < -0.4 is 5.32 Å². The van der Waals surface area contributed by atoms with Crippen molar-refractivity contribution in [3.63, 3.8) is 0 Å². The number of nitrogens with zero attached hydrogens (tertiary/aromatic N) is 2. The minimum atomic E-state index is 0.286. The Labute approximate surface area is 108 Å². The number of nitrogens with one attached hydrogen (secondary N) is 1. The maximum atomic E-state index is 11.9. The average Bonchev–Trinajstić information content (AvgIpc) is 2.56. The minimum absolute atomic E-state index is 0.286. The largest absolute Gasteiger partial charge is 0.370 e. The van der Waals surface area contributed by atoms with Crippen molar-refractivity contribution in [1.82, 2.24) is 9.88 Å². The molecule has 0 aliphatic carbocycles. The molecule has 0 unspecified atom stereocenters. The summed E-state index contributed by atoms with van der Waals surface area (Å²) in [4.78, 5) is 18.1. The summed E-state index contributed by atoms with van der Waals surface area (Å²) in [6.07, 6.45) is 5.83. The van der Waals surface area contributed by atoms with Gasteiger partial charge in [-0.3, -0.25) is 4.79 Å². The highest BCUT2D eigenvalue weighted by Crippen LogP contribution is 2.15. The molecule has 1 aromatic heterocycles. The molecule has 2 heterocycles. The predicted molar refractivity (Wildman–Crippen MR) is 72.3 cm³/mol. The van der Waals surface area contributed by atoms with E-state index in [4.69, 9.17) is 0 Å². The lowest BCUT2D eigenvalue weighted by molar-refractivity contribution is -0.131. The van der Waals surface area contributed by atoms with Gasteiger partial charge in [0.25, 0.3) is 0 Å². The first kappa shape index (κ1) is 12.9. The fraction of sp³-hybridized carbons (Fsp3) is 0.571. The van der Waals surface area contributed by atoms with Crippen LogP contribution in [0.2, 0.25) is 0 Å². The van der Waals surface area contributed by atoms with E-state index in [2.05, 4.69) is 10.3 Å². The molecule has 18 heavy (non-hydrogen) atoms. The van der Waals surface area contributed by atoms with Gasteiger partial charge in [-0.05, 0) is 37.5 Å². The molecule has 1 aromatic rings. The quantitative estimate of drug-likeness (QED) is 0.888. The van der Waals surface area contributed by atoms with E-state index < -0.39 is 0 Å². The summed E-state index contributed by atoms with van der Waals surface area (Å²) in [6, 6.07) is 4.01. The van der Waals surface area contributed by atoms with Gasteiger partial charge in [-0.25, -0.2) is 4.98 Å². The third-order valence-corrected chi connectivity index (χ3v) is 3.23. The lowest BCUT2D eigenvalue weighted by Crippen LogP contribution is -2.29. The highest BCUT2D eigenvalue weighted by molar-refractivity contribution is 5.76. The van der Waals surface area contributed by atoms with Crippen molar-refractivity contribution in [3.05, 3.63) is 23.9 Å². The van der Waals surface area contributed by atoms with Gasteiger partial charge in [0.15, 0.2) is 0 Å². The smallest absolute Gasteiger partial charge is 0.222 e. The van der Waals surface area contributed by atoms with Crippen LogP contribution in [0.15, 0.2) is 18.3 Å². The number of rotatable bonds is 4. The first-order valence-electron chi connectivity index (χ1n) is 6.76. The van der Waals surface area contributed by atoms with E-state index in [1.165, 1.54) is 6.42 Å². The van der Waals surface area contributed by atoms with Crippen LogP contribution in [0.25, 0.3) is 0 Å². The summed E-state index contributed by atoms with van der Waals surface area (Å²) in [5.74, 6) is 1.17. The number of carbonyl (C=O) groups excluding carboxylic acids is 1. The Kier molecular flexibility index (Phi) is 4.56. The van der Waals surface area contributed by atoms with E-state index in [1.807, 2.05) is 24.0 Å². The molecule has 0 saturated carbocycles. The molecule has 1 amide bonds. The number of likely N-dealkylation sites (tertiary alicyclic amines) is 1. The third kappa shape index (κ3) is 3.45. The van der Waals surface area contributed by atoms with Gasteiger partial charge in [0.1, 0.15) is 5.82 Å². The lowest BCUT2D eigenvalue weighted by atomic mass is 10.2. The van der Waals surface area contributed by atoms with Crippen LogP contribution in [-0.4, -0.2) is 28.9 Å². The zero-order valence-electron chi connectivity index (χ0n) is 11.0. The van der Waals surface area contributed by atoms with Crippen LogP contribution in [-0.2, 0) is 11.3 Å². The Morgan fingerprint density at radius 2 is 2.28 bits per heavy atom. The molecule has 98 valence electrons. The molecule has 1 aliphatic rings. The summed E-state index contributed by atoms with van der Waals surface area (Å²) in [6.45, 7) is 4.50. The lowest BCUT2D eigenvalue weighted by Gasteiger charge is -2.20. The van der Waals surface area contributed by atoms with Crippen molar-refractivity contribution in [2.24, 2.45) is 0 Å².